The summed E-state index contributed by atoms with van der Waals surface area (Å²) in [5, 5.41) is 13.9. The van der Waals surface area contributed by atoms with Crippen molar-refractivity contribution in [3.05, 3.63) is 22.7 Å². The van der Waals surface area contributed by atoms with Crippen LogP contribution in [0.4, 0.5) is 5.69 Å². The lowest BCUT2D eigenvalue weighted by molar-refractivity contribution is -0.0122. The molecule has 0 bridgehead atoms. The van der Waals surface area contributed by atoms with Gasteiger partial charge in [-0.05, 0) is 38.4 Å². The van der Waals surface area contributed by atoms with E-state index in [1.54, 1.807) is 13.2 Å². The van der Waals surface area contributed by atoms with Gasteiger partial charge in [-0.1, -0.05) is 18.0 Å². The van der Waals surface area contributed by atoms with Gasteiger partial charge in [-0.15, -0.1) is 0 Å². The van der Waals surface area contributed by atoms with Crippen LogP contribution in [0.1, 0.15) is 36.0 Å². The number of ether oxygens (including phenoxy) is 2. The van der Waals surface area contributed by atoms with Crippen molar-refractivity contribution < 1.29 is 19.4 Å². The molecule has 3 atom stereocenters. The van der Waals surface area contributed by atoms with Gasteiger partial charge in [-0.25, -0.2) is 0 Å². The highest BCUT2D eigenvalue weighted by Crippen LogP contribution is 2.29. The van der Waals surface area contributed by atoms with Crippen LogP contribution in [0.5, 0.6) is 5.75 Å². The molecular weight excluding hydrogens is 420 g/mol. The van der Waals surface area contributed by atoms with Gasteiger partial charge >= 0.3 is 0 Å². The summed E-state index contributed by atoms with van der Waals surface area (Å²) in [5.41, 5.74) is 6.52. The number of aliphatic hydroxyl groups excluding tert-OH is 1. The number of hydrogen-bond donors (Lipinski definition) is 3. The Hall–Kier alpha value is -1.58. The third-order valence-corrected chi connectivity index (χ3v) is 6.54. The average Bonchev–Trinajstić information content (AvgIpc) is 2.76. The number of β-amino-alcohol motifs (C(OH)–C–C–N with tert-alkyl or cyclic N) is 1. The first-order valence-corrected chi connectivity index (χ1v) is 11.4. The third-order valence-electron chi connectivity index (χ3n) is 6.21. The number of anilines is 1. The van der Waals surface area contributed by atoms with Crippen LogP contribution < -0.4 is 15.8 Å². The molecule has 31 heavy (non-hydrogen) atoms. The maximum Gasteiger partial charge on any atom is 0.255 e. The number of nitrogens with zero attached hydrogens (tertiary/aromatic N) is 2. The number of nitrogens with one attached hydrogen (secondary N) is 1. The highest BCUT2D eigenvalue weighted by Gasteiger charge is 2.32. The van der Waals surface area contributed by atoms with E-state index in [2.05, 4.69) is 15.1 Å². The van der Waals surface area contributed by atoms with E-state index in [-0.39, 0.29) is 24.2 Å². The van der Waals surface area contributed by atoms with Crippen LogP contribution in [0.3, 0.4) is 0 Å². The molecule has 4 N–H and O–H groups in total. The summed E-state index contributed by atoms with van der Waals surface area (Å²) in [6, 6.07) is 2.94. The Balaban J connectivity index is 1.55. The number of halogens is 1. The molecule has 0 saturated carbocycles. The molecule has 0 radical (unpaired) electrons. The Morgan fingerprint density at radius 3 is 2.61 bits per heavy atom. The van der Waals surface area contributed by atoms with Gasteiger partial charge in [0.15, 0.2) is 0 Å². The smallest absolute Gasteiger partial charge is 0.255 e. The molecule has 8 nitrogen and oxygen atoms in total. The zero-order chi connectivity index (χ0) is 22.4. The van der Waals surface area contributed by atoms with E-state index < -0.39 is 0 Å². The molecule has 0 aliphatic carbocycles. The summed E-state index contributed by atoms with van der Waals surface area (Å²) in [7, 11) is 3.14. The number of nitrogens with two attached hydrogens (primary N) is 1. The normalized spacial score (nSPS) is 24.0. The van der Waals surface area contributed by atoms with Gasteiger partial charge in [-0.2, -0.15) is 0 Å². The molecular formula is C22H35ClN4O4. The number of benzene rings is 1. The summed E-state index contributed by atoms with van der Waals surface area (Å²) in [6.07, 6.45) is 3.89. The molecule has 174 valence electrons. The van der Waals surface area contributed by atoms with Crippen molar-refractivity contribution in [3.8, 4) is 5.75 Å². The lowest BCUT2D eigenvalue weighted by atomic mass is 10.00. The molecule has 2 aliphatic heterocycles. The van der Waals surface area contributed by atoms with Crippen molar-refractivity contribution in [2.24, 2.45) is 0 Å². The number of piperidine rings is 2. The molecule has 0 aromatic heterocycles. The van der Waals surface area contributed by atoms with Crippen molar-refractivity contribution >= 4 is 23.2 Å². The second kappa shape index (κ2) is 11.3. The Morgan fingerprint density at radius 1 is 1.23 bits per heavy atom. The molecule has 3 rings (SSSR count). The molecule has 0 spiro atoms. The number of carbonyl (C=O) groups is 1. The van der Waals surface area contributed by atoms with Crippen molar-refractivity contribution in [2.75, 3.05) is 59.2 Å². The fourth-order valence-electron chi connectivity index (χ4n) is 4.51. The number of amides is 1. The van der Waals surface area contributed by atoms with E-state index in [4.69, 9.17) is 26.8 Å². The minimum atomic E-state index is -0.386. The van der Waals surface area contributed by atoms with Gasteiger partial charge in [-0.3, -0.25) is 9.69 Å². The Labute approximate surface area is 189 Å². The van der Waals surface area contributed by atoms with Crippen LogP contribution in [0, 0.1) is 0 Å². The summed E-state index contributed by atoms with van der Waals surface area (Å²) in [6.45, 7) is 4.90. The van der Waals surface area contributed by atoms with Gasteiger partial charge in [0, 0.05) is 39.4 Å². The minimum absolute atomic E-state index is 0.144. The monoisotopic (exact) mass is 454 g/mol. The highest BCUT2D eigenvalue weighted by molar-refractivity contribution is 6.33. The number of nitrogen functional groups attached to an aromatic ring is 1. The molecule has 2 aliphatic rings. The Morgan fingerprint density at radius 2 is 1.94 bits per heavy atom. The number of methoxy groups -OCH3 is 2. The molecule has 2 saturated heterocycles. The van der Waals surface area contributed by atoms with Gasteiger partial charge in [0.1, 0.15) is 5.75 Å². The maximum absolute atomic E-state index is 12.9. The van der Waals surface area contributed by atoms with Crippen molar-refractivity contribution in [1.82, 2.24) is 15.1 Å². The van der Waals surface area contributed by atoms with E-state index >= 15 is 0 Å². The first kappa shape index (κ1) is 24.1. The van der Waals surface area contributed by atoms with Crippen LogP contribution in [-0.4, -0.2) is 92.6 Å². The molecule has 0 unspecified atom stereocenters. The first-order chi connectivity index (χ1) is 14.9. The average molecular weight is 455 g/mol. The second-order valence-electron chi connectivity index (χ2n) is 8.49. The fraction of sp³-hybridized carbons (Fsp3) is 0.682. The number of hydrogen-bond acceptors (Lipinski definition) is 7. The maximum atomic E-state index is 12.9. The van der Waals surface area contributed by atoms with E-state index in [1.165, 1.54) is 32.4 Å². The molecule has 1 aromatic rings. The molecule has 2 fully saturated rings. The minimum Gasteiger partial charge on any atom is -0.496 e. The summed E-state index contributed by atoms with van der Waals surface area (Å²) >= 11 is 6.10. The second-order valence-corrected chi connectivity index (χ2v) is 8.90. The van der Waals surface area contributed by atoms with E-state index in [1.807, 2.05) is 0 Å². The van der Waals surface area contributed by atoms with Gasteiger partial charge in [0.05, 0.1) is 41.6 Å². The van der Waals surface area contributed by atoms with E-state index in [0.29, 0.717) is 41.7 Å². The van der Waals surface area contributed by atoms with Gasteiger partial charge in [0.25, 0.3) is 5.91 Å². The molecule has 2 heterocycles. The van der Waals surface area contributed by atoms with Crippen molar-refractivity contribution in [1.29, 1.82) is 0 Å². The lowest BCUT2D eigenvalue weighted by Gasteiger charge is -2.39. The molecule has 1 aromatic carbocycles. The number of aliphatic hydroxyl groups is 1. The van der Waals surface area contributed by atoms with Gasteiger partial charge < -0.3 is 30.5 Å². The lowest BCUT2D eigenvalue weighted by Crippen LogP contribution is -2.56. The van der Waals surface area contributed by atoms with Crippen LogP contribution >= 0.6 is 11.6 Å². The van der Waals surface area contributed by atoms with Gasteiger partial charge in [0.2, 0.25) is 0 Å². The SMILES string of the molecule is COc1cc(N)c(Cl)cc1C(=O)N[C@H]1CCN(C[C@@H](O)CN2CCCCC2)C[C@H]1OC. The number of rotatable bonds is 8. The zero-order valence-electron chi connectivity index (χ0n) is 18.5. The van der Waals surface area contributed by atoms with Crippen molar-refractivity contribution in [2.45, 2.75) is 43.9 Å². The summed E-state index contributed by atoms with van der Waals surface area (Å²) in [5.74, 6) is 0.107. The fourth-order valence-corrected chi connectivity index (χ4v) is 4.67. The standard InChI is InChI=1S/C22H35ClN4O4/c1-30-20-11-18(24)17(23)10-16(20)22(29)25-19-6-9-27(14-21(19)31-2)13-15(28)12-26-7-4-3-5-8-26/h10-11,15,19,21,28H,3-9,12-14,24H2,1-2H3,(H,25,29)/t15-,19-,21+/m0/s1. The number of likely N-dealkylation sites (tertiary alicyclic amines) is 2. The zero-order valence-corrected chi connectivity index (χ0v) is 19.2. The topological polar surface area (TPSA) is 100 Å². The predicted octanol–water partition coefficient (Wildman–Crippen LogP) is 1.60. The summed E-state index contributed by atoms with van der Waals surface area (Å²) < 4.78 is 11.0. The Kier molecular flexibility index (Phi) is 8.80. The van der Waals surface area contributed by atoms with Crippen LogP contribution in [0.15, 0.2) is 12.1 Å². The van der Waals surface area contributed by atoms with Crippen LogP contribution in [0.2, 0.25) is 5.02 Å². The van der Waals surface area contributed by atoms with E-state index in [9.17, 15) is 9.90 Å². The predicted molar refractivity (Wildman–Crippen MR) is 122 cm³/mol. The largest absolute Gasteiger partial charge is 0.496 e. The van der Waals surface area contributed by atoms with E-state index in [0.717, 1.165) is 26.1 Å². The Bertz CT molecular complexity index is 744. The molecule has 9 heteroatoms. The molecule has 1 amide bonds. The van der Waals surface area contributed by atoms with Crippen LogP contribution in [0.25, 0.3) is 0 Å². The van der Waals surface area contributed by atoms with Crippen LogP contribution in [-0.2, 0) is 4.74 Å². The summed E-state index contributed by atoms with van der Waals surface area (Å²) in [4.78, 5) is 17.5. The van der Waals surface area contributed by atoms with Crippen molar-refractivity contribution in [3.63, 3.8) is 0 Å². The quantitative estimate of drug-likeness (QED) is 0.513. The first-order valence-electron chi connectivity index (χ1n) is 11.0. The number of carbonyl (C=O) groups excluding carboxylic acids is 1. The highest BCUT2D eigenvalue weighted by atomic mass is 35.5. The third kappa shape index (κ3) is 6.46.